The number of H-pyrrole nitrogens is 1. The number of amides is 1. The fourth-order valence-electron chi connectivity index (χ4n) is 2.69. The van der Waals surface area contributed by atoms with E-state index in [0.717, 1.165) is 26.7 Å². The van der Waals surface area contributed by atoms with Crippen molar-refractivity contribution in [1.82, 2.24) is 9.97 Å². The van der Waals surface area contributed by atoms with Crippen LogP contribution in [0.25, 0.3) is 10.2 Å². The van der Waals surface area contributed by atoms with Gasteiger partial charge in [0.05, 0.1) is 23.0 Å². The SMILES string of the molecule is CCOc1ccc(NC(=O)[C@H](C)SCc2nc3sc(C)c(C)c3c(=O)[nH]2)cc1. The van der Waals surface area contributed by atoms with Gasteiger partial charge in [-0.1, -0.05) is 0 Å². The van der Waals surface area contributed by atoms with E-state index >= 15 is 0 Å². The van der Waals surface area contributed by atoms with Crippen molar-refractivity contribution in [3.8, 4) is 5.75 Å². The van der Waals surface area contributed by atoms with Gasteiger partial charge in [-0.15, -0.1) is 23.1 Å². The molecule has 2 aromatic heterocycles. The third-order valence-electron chi connectivity index (χ3n) is 4.36. The Morgan fingerprint density at radius 1 is 1.32 bits per heavy atom. The Labute approximate surface area is 171 Å². The molecule has 1 amide bonds. The second-order valence-corrected chi connectivity index (χ2v) is 8.91. The van der Waals surface area contributed by atoms with Crippen LogP contribution in [0.5, 0.6) is 5.75 Å². The van der Waals surface area contributed by atoms with Gasteiger partial charge < -0.3 is 15.0 Å². The molecule has 6 nitrogen and oxygen atoms in total. The molecule has 8 heteroatoms. The molecule has 3 rings (SSSR count). The number of rotatable bonds is 7. The van der Waals surface area contributed by atoms with Crippen molar-refractivity contribution >= 4 is 44.9 Å². The number of benzene rings is 1. The van der Waals surface area contributed by atoms with Gasteiger partial charge in [-0.05, 0) is 57.5 Å². The minimum Gasteiger partial charge on any atom is -0.494 e. The van der Waals surface area contributed by atoms with Crippen LogP contribution >= 0.6 is 23.1 Å². The van der Waals surface area contributed by atoms with Crippen LogP contribution in [0.2, 0.25) is 0 Å². The maximum atomic E-state index is 12.4. The highest BCUT2D eigenvalue weighted by molar-refractivity contribution is 7.99. The zero-order valence-electron chi connectivity index (χ0n) is 16.3. The molecule has 0 aliphatic heterocycles. The summed E-state index contributed by atoms with van der Waals surface area (Å²) in [5, 5.41) is 3.27. The molecule has 0 saturated heterocycles. The number of nitrogens with one attached hydrogen (secondary N) is 2. The van der Waals surface area contributed by atoms with E-state index in [9.17, 15) is 9.59 Å². The van der Waals surface area contributed by atoms with Crippen LogP contribution in [0.3, 0.4) is 0 Å². The molecule has 0 radical (unpaired) electrons. The number of aromatic nitrogens is 2. The first-order valence-corrected chi connectivity index (χ1v) is 10.9. The zero-order valence-corrected chi connectivity index (χ0v) is 17.9. The number of fused-ring (bicyclic) bond motifs is 1. The first-order chi connectivity index (χ1) is 13.4. The lowest BCUT2D eigenvalue weighted by Crippen LogP contribution is -2.23. The smallest absolute Gasteiger partial charge is 0.259 e. The van der Waals surface area contributed by atoms with Gasteiger partial charge in [0.1, 0.15) is 16.4 Å². The van der Waals surface area contributed by atoms with E-state index in [-0.39, 0.29) is 16.7 Å². The molecule has 1 aromatic carbocycles. The van der Waals surface area contributed by atoms with Crippen LogP contribution in [0, 0.1) is 13.8 Å². The van der Waals surface area contributed by atoms with Crippen molar-refractivity contribution in [2.24, 2.45) is 0 Å². The number of hydrogen-bond acceptors (Lipinski definition) is 6. The second-order valence-electron chi connectivity index (χ2n) is 6.38. The normalized spacial score (nSPS) is 12.1. The lowest BCUT2D eigenvalue weighted by atomic mass is 10.2. The van der Waals surface area contributed by atoms with Crippen molar-refractivity contribution in [2.75, 3.05) is 11.9 Å². The van der Waals surface area contributed by atoms with Crippen LogP contribution in [0.1, 0.15) is 30.1 Å². The van der Waals surface area contributed by atoms with Crippen LogP contribution in [-0.2, 0) is 10.5 Å². The molecule has 2 heterocycles. The summed E-state index contributed by atoms with van der Waals surface area (Å²) >= 11 is 2.96. The van der Waals surface area contributed by atoms with E-state index in [4.69, 9.17) is 4.74 Å². The van der Waals surface area contributed by atoms with Crippen molar-refractivity contribution in [3.05, 3.63) is 50.9 Å². The first kappa shape index (κ1) is 20.4. The maximum absolute atomic E-state index is 12.4. The Morgan fingerprint density at radius 3 is 2.71 bits per heavy atom. The highest BCUT2D eigenvalue weighted by Gasteiger charge is 2.16. The minimum atomic E-state index is -0.292. The summed E-state index contributed by atoms with van der Waals surface area (Å²) in [6.07, 6.45) is 0. The molecule has 0 saturated carbocycles. The number of carbonyl (C=O) groups is 1. The van der Waals surface area contributed by atoms with Gasteiger partial charge in [-0.3, -0.25) is 9.59 Å². The largest absolute Gasteiger partial charge is 0.494 e. The Bertz CT molecular complexity index is 1040. The Kier molecular flexibility index (Phi) is 6.41. The summed E-state index contributed by atoms with van der Waals surface area (Å²) in [6.45, 7) is 8.29. The topological polar surface area (TPSA) is 84.1 Å². The van der Waals surface area contributed by atoms with Crippen LogP contribution in [-0.4, -0.2) is 27.7 Å². The number of nitrogens with zero attached hydrogens (tertiary/aromatic N) is 1. The lowest BCUT2D eigenvalue weighted by Gasteiger charge is -2.12. The standard InChI is InChI=1S/C20H23N3O3S2/c1-5-26-15-8-6-14(7-9-15)21-18(24)13(4)27-10-16-22-19(25)17-11(2)12(3)28-20(17)23-16/h6-9,13H,5,10H2,1-4H3,(H,21,24)(H,22,23,25)/t13-/m0/s1. The van der Waals surface area contributed by atoms with Gasteiger partial charge in [0.15, 0.2) is 0 Å². The molecule has 0 aliphatic rings. The van der Waals surface area contributed by atoms with Crippen molar-refractivity contribution in [2.45, 2.75) is 38.7 Å². The van der Waals surface area contributed by atoms with E-state index in [0.29, 0.717) is 23.6 Å². The van der Waals surface area contributed by atoms with Gasteiger partial charge in [-0.25, -0.2) is 4.98 Å². The molecule has 0 aliphatic carbocycles. The number of aryl methyl sites for hydroxylation is 2. The lowest BCUT2D eigenvalue weighted by molar-refractivity contribution is -0.115. The van der Waals surface area contributed by atoms with Gasteiger partial charge >= 0.3 is 0 Å². The Hall–Kier alpha value is -2.32. The Balaban J connectivity index is 1.61. The molecule has 148 valence electrons. The monoisotopic (exact) mass is 417 g/mol. The van der Waals surface area contributed by atoms with Crippen molar-refractivity contribution in [3.63, 3.8) is 0 Å². The van der Waals surface area contributed by atoms with Gasteiger partial charge in [0.25, 0.3) is 5.56 Å². The molecule has 0 bridgehead atoms. The number of anilines is 1. The van der Waals surface area contributed by atoms with E-state index in [2.05, 4.69) is 15.3 Å². The van der Waals surface area contributed by atoms with E-state index < -0.39 is 0 Å². The fraction of sp³-hybridized carbons (Fsp3) is 0.350. The van der Waals surface area contributed by atoms with E-state index in [1.54, 1.807) is 0 Å². The number of thioether (sulfide) groups is 1. The molecule has 0 fully saturated rings. The molecule has 1 atom stereocenters. The molecular formula is C20H23N3O3S2. The predicted molar refractivity (Wildman–Crippen MR) is 117 cm³/mol. The maximum Gasteiger partial charge on any atom is 0.259 e. The average Bonchev–Trinajstić information content (AvgIpc) is 2.95. The predicted octanol–water partition coefficient (Wildman–Crippen LogP) is 4.26. The van der Waals surface area contributed by atoms with E-state index in [1.807, 2.05) is 52.0 Å². The van der Waals surface area contributed by atoms with Crippen LogP contribution in [0.15, 0.2) is 29.1 Å². The third-order valence-corrected chi connectivity index (χ3v) is 6.62. The zero-order chi connectivity index (χ0) is 20.3. The van der Waals surface area contributed by atoms with Gasteiger partial charge in [-0.2, -0.15) is 0 Å². The number of aromatic amines is 1. The van der Waals surface area contributed by atoms with E-state index in [1.165, 1.54) is 23.1 Å². The number of thiophene rings is 1. The Morgan fingerprint density at radius 2 is 2.04 bits per heavy atom. The highest BCUT2D eigenvalue weighted by atomic mass is 32.2. The number of hydrogen-bond donors (Lipinski definition) is 2. The van der Waals surface area contributed by atoms with Crippen molar-refractivity contribution < 1.29 is 9.53 Å². The first-order valence-electron chi connectivity index (χ1n) is 9.03. The summed E-state index contributed by atoms with van der Waals surface area (Å²) in [4.78, 5) is 34.0. The third kappa shape index (κ3) is 4.56. The number of carbonyl (C=O) groups excluding carboxylic acids is 1. The summed E-state index contributed by atoms with van der Waals surface area (Å²) in [5.74, 6) is 1.72. The molecule has 3 aromatic rings. The van der Waals surface area contributed by atoms with Gasteiger partial charge in [0, 0.05) is 10.6 Å². The fourth-order valence-corrected chi connectivity index (χ4v) is 4.50. The van der Waals surface area contributed by atoms with Crippen molar-refractivity contribution in [1.29, 1.82) is 0 Å². The summed E-state index contributed by atoms with van der Waals surface area (Å²) in [5.41, 5.74) is 1.59. The summed E-state index contributed by atoms with van der Waals surface area (Å²) in [7, 11) is 0. The molecule has 28 heavy (non-hydrogen) atoms. The number of ether oxygens (including phenoxy) is 1. The molecule has 0 spiro atoms. The highest BCUT2D eigenvalue weighted by Crippen LogP contribution is 2.26. The summed E-state index contributed by atoms with van der Waals surface area (Å²) in [6, 6.07) is 7.28. The van der Waals surface area contributed by atoms with Crippen LogP contribution < -0.4 is 15.6 Å². The molecule has 2 N–H and O–H groups in total. The van der Waals surface area contributed by atoms with Crippen LogP contribution in [0.4, 0.5) is 5.69 Å². The minimum absolute atomic E-state index is 0.0969. The van der Waals surface area contributed by atoms with Gasteiger partial charge in [0.2, 0.25) is 5.91 Å². The quantitative estimate of drug-likeness (QED) is 0.600. The average molecular weight is 418 g/mol. The molecular weight excluding hydrogens is 394 g/mol. The second kappa shape index (κ2) is 8.79. The molecule has 0 unspecified atom stereocenters. The summed E-state index contributed by atoms with van der Waals surface area (Å²) < 4.78 is 5.40.